The van der Waals surface area contributed by atoms with Gasteiger partial charge in [0.05, 0.1) is 6.42 Å². The first-order chi connectivity index (χ1) is 9.31. The molecule has 6 nitrogen and oxygen atoms in total. The third kappa shape index (κ3) is 4.38. The molecular weight excluding hydrogens is 260 g/mol. The van der Waals surface area contributed by atoms with Gasteiger partial charge in [0.2, 0.25) is 5.91 Å². The summed E-state index contributed by atoms with van der Waals surface area (Å²) in [7, 11) is 0. The number of carboxylic acids is 1. The summed E-state index contributed by atoms with van der Waals surface area (Å²) in [6.07, 6.45) is -0.154. The van der Waals surface area contributed by atoms with E-state index in [0.29, 0.717) is 0 Å². The predicted molar refractivity (Wildman–Crippen MR) is 73.3 cm³/mol. The monoisotopic (exact) mass is 278 g/mol. The van der Waals surface area contributed by atoms with Crippen LogP contribution in [0.3, 0.4) is 0 Å². The maximum absolute atomic E-state index is 12.1. The number of hydrogen-bond donors (Lipinski definition) is 3. The number of carbonyl (C=O) groups is 3. The van der Waals surface area contributed by atoms with E-state index < -0.39 is 23.8 Å². The Hall–Kier alpha value is -2.37. The van der Waals surface area contributed by atoms with Crippen LogP contribution in [-0.2, 0) is 4.79 Å². The molecule has 4 N–H and O–H groups in total. The van der Waals surface area contributed by atoms with Crippen molar-refractivity contribution in [3.63, 3.8) is 0 Å². The van der Waals surface area contributed by atoms with Crippen LogP contribution in [0.1, 0.15) is 41.0 Å². The molecule has 0 aromatic heterocycles. The molecule has 0 bridgehead atoms. The quantitative estimate of drug-likeness (QED) is 0.721. The standard InChI is InChI=1S/C14H18N2O4/c1-8(2)11(7-12(17)18)16-14(20)10-5-3-4-9(6-10)13(15)19/h3-6,8,11H,7H2,1-2H3,(H2,15,19)(H,16,20)(H,17,18). The summed E-state index contributed by atoms with van der Waals surface area (Å²) in [5.74, 6) is -2.04. The highest BCUT2D eigenvalue weighted by Gasteiger charge is 2.20. The zero-order valence-corrected chi connectivity index (χ0v) is 11.4. The summed E-state index contributed by atoms with van der Waals surface area (Å²) in [5.41, 5.74) is 5.66. The number of aliphatic carboxylic acids is 1. The molecule has 0 heterocycles. The Kier molecular flexibility index (Phi) is 5.25. The maximum atomic E-state index is 12.1. The second-order valence-corrected chi connectivity index (χ2v) is 4.87. The average molecular weight is 278 g/mol. The van der Waals surface area contributed by atoms with Crippen LogP contribution in [-0.4, -0.2) is 28.9 Å². The lowest BCUT2D eigenvalue weighted by Gasteiger charge is -2.20. The predicted octanol–water partition coefficient (Wildman–Crippen LogP) is 1.01. The first-order valence-corrected chi connectivity index (χ1v) is 6.23. The highest BCUT2D eigenvalue weighted by atomic mass is 16.4. The highest BCUT2D eigenvalue weighted by molar-refractivity contribution is 5.99. The lowest BCUT2D eigenvalue weighted by molar-refractivity contribution is -0.137. The fourth-order valence-corrected chi connectivity index (χ4v) is 1.71. The minimum atomic E-state index is -0.977. The van der Waals surface area contributed by atoms with Gasteiger partial charge in [-0.2, -0.15) is 0 Å². The zero-order valence-electron chi connectivity index (χ0n) is 11.4. The smallest absolute Gasteiger partial charge is 0.305 e. The summed E-state index contributed by atoms with van der Waals surface area (Å²) < 4.78 is 0. The largest absolute Gasteiger partial charge is 0.481 e. The molecule has 0 fully saturated rings. The zero-order chi connectivity index (χ0) is 15.3. The van der Waals surface area contributed by atoms with Crippen LogP contribution < -0.4 is 11.1 Å². The molecule has 0 saturated heterocycles. The number of amides is 2. The summed E-state index contributed by atoms with van der Waals surface area (Å²) in [6, 6.07) is 5.51. The minimum Gasteiger partial charge on any atom is -0.481 e. The van der Waals surface area contributed by atoms with Crippen molar-refractivity contribution in [2.75, 3.05) is 0 Å². The molecule has 0 saturated carbocycles. The SMILES string of the molecule is CC(C)C(CC(=O)O)NC(=O)c1cccc(C(N)=O)c1. The summed E-state index contributed by atoms with van der Waals surface area (Å²) >= 11 is 0. The lowest BCUT2D eigenvalue weighted by Crippen LogP contribution is -2.40. The molecule has 0 aliphatic carbocycles. The van der Waals surface area contributed by atoms with E-state index in [9.17, 15) is 14.4 Å². The van der Waals surface area contributed by atoms with Gasteiger partial charge in [-0.3, -0.25) is 14.4 Å². The van der Waals surface area contributed by atoms with Gasteiger partial charge in [-0.1, -0.05) is 19.9 Å². The molecule has 0 spiro atoms. The fourth-order valence-electron chi connectivity index (χ4n) is 1.71. The Bertz CT molecular complexity index is 526. The van der Waals surface area contributed by atoms with Gasteiger partial charge < -0.3 is 16.2 Å². The molecule has 1 aromatic rings. The molecule has 1 atom stereocenters. The number of hydrogen-bond acceptors (Lipinski definition) is 3. The van der Waals surface area contributed by atoms with Gasteiger partial charge in [0, 0.05) is 17.2 Å². The van der Waals surface area contributed by atoms with Crippen molar-refractivity contribution in [3.05, 3.63) is 35.4 Å². The van der Waals surface area contributed by atoms with Crippen LogP contribution in [0.2, 0.25) is 0 Å². The van der Waals surface area contributed by atoms with E-state index in [1.807, 2.05) is 13.8 Å². The Labute approximate surface area is 117 Å². The van der Waals surface area contributed by atoms with Crippen LogP contribution in [0.15, 0.2) is 24.3 Å². The first kappa shape index (κ1) is 15.7. The Morgan fingerprint density at radius 2 is 1.85 bits per heavy atom. The van der Waals surface area contributed by atoms with Gasteiger partial charge in [0.1, 0.15) is 0 Å². The molecule has 0 aliphatic rings. The first-order valence-electron chi connectivity index (χ1n) is 6.23. The molecule has 2 amide bonds. The molecule has 1 rings (SSSR count). The summed E-state index contributed by atoms with van der Waals surface area (Å²) in [5, 5.41) is 11.5. The number of rotatable bonds is 6. The maximum Gasteiger partial charge on any atom is 0.305 e. The van der Waals surface area contributed by atoms with E-state index >= 15 is 0 Å². The molecule has 108 valence electrons. The van der Waals surface area contributed by atoms with Crippen molar-refractivity contribution >= 4 is 17.8 Å². The second kappa shape index (κ2) is 6.70. The third-order valence-electron chi connectivity index (χ3n) is 2.93. The molecule has 0 radical (unpaired) electrons. The van der Waals surface area contributed by atoms with E-state index in [1.165, 1.54) is 12.1 Å². The number of carboxylic acid groups (broad SMARTS) is 1. The topological polar surface area (TPSA) is 109 Å². The van der Waals surface area contributed by atoms with Gasteiger partial charge in [-0.05, 0) is 24.1 Å². The van der Waals surface area contributed by atoms with Crippen molar-refractivity contribution in [1.82, 2.24) is 5.32 Å². The van der Waals surface area contributed by atoms with Crippen LogP contribution >= 0.6 is 0 Å². The summed E-state index contributed by atoms with van der Waals surface area (Å²) in [4.78, 5) is 33.9. The van der Waals surface area contributed by atoms with Gasteiger partial charge >= 0.3 is 5.97 Å². The van der Waals surface area contributed by atoms with E-state index in [1.54, 1.807) is 12.1 Å². The van der Waals surface area contributed by atoms with Crippen molar-refractivity contribution in [2.24, 2.45) is 11.7 Å². The van der Waals surface area contributed by atoms with Crippen molar-refractivity contribution in [1.29, 1.82) is 0 Å². The number of nitrogens with two attached hydrogens (primary N) is 1. The van der Waals surface area contributed by atoms with E-state index in [-0.39, 0.29) is 23.5 Å². The molecular formula is C14H18N2O4. The molecule has 20 heavy (non-hydrogen) atoms. The van der Waals surface area contributed by atoms with Crippen LogP contribution in [0.4, 0.5) is 0 Å². The number of carbonyl (C=O) groups excluding carboxylic acids is 2. The number of primary amides is 1. The van der Waals surface area contributed by atoms with Crippen LogP contribution in [0, 0.1) is 5.92 Å². The fraction of sp³-hybridized carbons (Fsp3) is 0.357. The normalized spacial score (nSPS) is 11.9. The van der Waals surface area contributed by atoms with Gasteiger partial charge in [0.25, 0.3) is 5.91 Å². The minimum absolute atomic E-state index is 0.0191. The highest BCUT2D eigenvalue weighted by Crippen LogP contribution is 2.09. The van der Waals surface area contributed by atoms with E-state index in [4.69, 9.17) is 10.8 Å². The average Bonchev–Trinajstić information content (AvgIpc) is 2.37. The Balaban J connectivity index is 2.86. The second-order valence-electron chi connectivity index (χ2n) is 4.87. The number of benzene rings is 1. The molecule has 0 aliphatic heterocycles. The Morgan fingerprint density at radius 3 is 2.35 bits per heavy atom. The summed E-state index contributed by atoms with van der Waals surface area (Å²) in [6.45, 7) is 3.65. The van der Waals surface area contributed by atoms with E-state index in [2.05, 4.69) is 5.32 Å². The van der Waals surface area contributed by atoms with Crippen LogP contribution in [0.5, 0.6) is 0 Å². The molecule has 6 heteroatoms. The van der Waals surface area contributed by atoms with Gasteiger partial charge in [0.15, 0.2) is 0 Å². The lowest BCUT2D eigenvalue weighted by atomic mass is 10.00. The van der Waals surface area contributed by atoms with Gasteiger partial charge in [-0.15, -0.1) is 0 Å². The van der Waals surface area contributed by atoms with Crippen molar-refractivity contribution in [2.45, 2.75) is 26.3 Å². The van der Waals surface area contributed by atoms with Crippen molar-refractivity contribution in [3.8, 4) is 0 Å². The molecule has 1 aromatic carbocycles. The molecule has 1 unspecified atom stereocenters. The van der Waals surface area contributed by atoms with E-state index in [0.717, 1.165) is 0 Å². The number of nitrogens with one attached hydrogen (secondary N) is 1. The van der Waals surface area contributed by atoms with Crippen LogP contribution in [0.25, 0.3) is 0 Å². The third-order valence-corrected chi connectivity index (χ3v) is 2.93. The van der Waals surface area contributed by atoms with Gasteiger partial charge in [-0.25, -0.2) is 0 Å². The Morgan fingerprint density at radius 1 is 1.25 bits per heavy atom. The van der Waals surface area contributed by atoms with Crippen molar-refractivity contribution < 1.29 is 19.5 Å².